The van der Waals surface area contributed by atoms with Crippen LogP contribution in [0.2, 0.25) is 0 Å². The maximum atomic E-state index is 11.8. The zero-order chi connectivity index (χ0) is 13.0. The quantitative estimate of drug-likeness (QED) is 0.751. The van der Waals surface area contributed by atoms with E-state index in [1.807, 2.05) is 31.2 Å². The van der Waals surface area contributed by atoms with Crippen LogP contribution in [0.4, 0.5) is 5.69 Å². The van der Waals surface area contributed by atoms with Gasteiger partial charge in [0.15, 0.2) is 0 Å². The number of hydrogen-bond donors (Lipinski definition) is 3. The number of carbonyl (C=O) groups excluding carboxylic acids is 1. The second-order valence-electron chi connectivity index (χ2n) is 5.26. The molecule has 4 heteroatoms. The molecule has 18 heavy (non-hydrogen) atoms. The van der Waals surface area contributed by atoms with Crippen molar-refractivity contribution >= 4 is 11.6 Å². The molecule has 1 saturated heterocycles. The van der Waals surface area contributed by atoms with Crippen LogP contribution >= 0.6 is 0 Å². The topological polar surface area (TPSA) is 53.2 Å². The van der Waals surface area contributed by atoms with Crippen LogP contribution in [0.25, 0.3) is 0 Å². The Bertz CT molecular complexity index is 408. The Kier molecular flexibility index (Phi) is 3.99. The Hall–Kier alpha value is -1.39. The van der Waals surface area contributed by atoms with Crippen LogP contribution in [0.5, 0.6) is 0 Å². The molecule has 0 aliphatic carbocycles. The lowest BCUT2D eigenvalue weighted by Crippen LogP contribution is -2.47. The van der Waals surface area contributed by atoms with Gasteiger partial charge in [-0.2, -0.15) is 0 Å². The lowest BCUT2D eigenvalue weighted by molar-refractivity contribution is -0.115. The van der Waals surface area contributed by atoms with Crippen molar-refractivity contribution in [3.05, 3.63) is 29.8 Å². The number of carbonyl (C=O) groups is 1. The molecular formula is C14H21N3O. The standard InChI is InChI=1S/C14H21N3O/c1-11-3-5-12(6-4-11)17-13(18)9-16-14(2)7-8-15-10-14/h3-6,15-16H,7-10H2,1-2H3,(H,17,18). The smallest absolute Gasteiger partial charge is 0.238 e. The highest BCUT2D eigenvalue weighted by Gasteiger charge is 2.28. The zero-order valence-electron chi connectivity index (χ0n) is 11.0. The van der Waals surface area contributed by atoms with Gasteiger partial charge in [-0.25, -0.2) is 0 Å². The van der Waals surface area contributed by atoms with Gasteiger partial charge in [0.25, 0.3) is 0 Å². The molecule has 1 unspecified atom stereocenters. The molecule has 0 radical (unpaired) electrons. The predicted molar refractivity (Wildman–Crippen MR) is 73.7 cm³/mol. The van der Waals surface area contributed by atoms with Gasteiger partial charge in [0.05, 0.1) is 6.54 Å². The average molecular weight is 247 g/mol. The molecule has 0 bridgehead atoms. The minimum Gasteiger partial charge on any atom is -0.325 e. The van der Waals surface area contributed by atoms with Crippen molar-refractivity contribution in [2.24, 2.45) is 0 Å². The lowest BCUT2D eigenvalue weighted by Gasteiger charge is -2.24. The van der Waals surface area contributed by atoms with Crippen LogP contribution < -0.4 is 16.0 Å². The van der Waals surface area contributed by atoms with Crippen LogP contribution in [-0.4, -0.2) is 31.1 Å². The van der Waals surface area contributed by atoms with Crippen molar-refractivity contribution in [3.8, 4) is 0 Å². The fourth-order valence-corrected chi connectivity index (χ4v) is 2.10. The highest BCUT2D eigenvalue weighted by atomic mass is 16.1. The van der Waals surface area contributed by atoms with Gasteiger partial charge in [-0.05, 0) is 38.9 Å². The van der Waals surface area contributed by atoms with Gasteiger partial charge in [-0.1, -0.05) is 17.7 Å². The summed E-state index contributed by atoms with van der Waals surface area (Å²) in [7, 11) is 0. The molecule has 98 valence electrons. The molecule has 1 heterocycles. The van der Waals surface area contributed by atoms with Gasteiger partial charge >= 0.3 is 0 Å². The van der Waals surface area contributed by atoms with E-state index in [0.717, 1.165) is 25.2 Å². The summed E-state index contributed by atoms with van der Waals surface area (Å²) in [4.78, 5) is 11.8. The Balaban J connectivity index is 1.80. The molecule has 3 N–H and O–H groups in total. The van der Waals surface area contributed by atoms with E-state index in [1.54, 1.807) is 0 Å². The molecule has 1 aromatic rings. The van der Waals surface area contributed by atoms with Gasteiger partial charge < -0.3 is 16.0 Å². The summed E-state index contributed by atoms with van der Waals surface area (Å²) < 4.78 is 0. The third kappa shape index (κ3) is 3.55. The summed E-state index contributed by atoms with van der Waals surface area (Å²) >= 11 is 0. The minimum atomic E-state index is 0.00646. The molecule has 2 rings (SSSR count). The SMILES string of the molecule is Cc1ccc(NC(=O)CNC2(C)CCNC2)cc1. The number of hydrogen-bond acceptors (Lipinski definition) is 3. The van der Waals surface area contributed by atoms with Gasteiger partial charge in [0.2, 0.25) is 5.91 Å². The zero-order valence-corrected chi connectivity index (χ0v) is 11.0. The van der Waals surface area contributed by atoms with Crippen LogP contribution in [0.3, 0.4) is 0 Å². The first-order chi connectivity index (χ1) is 8.57. The Morgan fingerprint density at radius 3 is 2.72 bits per heavy atom. The number of nitrogens with one attached hydrogen (secondary N) is 3. The highest BCUT2D eigenvalue weighted by Crippen LogP contribution is 2.13. The monoisotopic (exact) mass is 247 g/mol. The van der Waals surface area contributed by atoms with E-state index >= 15 is 0 Å². The molecular weight excluding hydrogens is 226 g/mol. The van der Waals surface area contributed by atoms with Gasteiger partial charge in [0.1, 0.15) is 0 Å². The van der Waals surface area contributed by atoms with E-state index in [1.165, 1.54) is 5.56 Å². The van der Waals surface area contributed by atoms with E-state index in [0.29, 0.717) is 6.54 Å². The molecule has 1 aliphatic heterocycles. The van der Waals surface area contributed by atoms with E-state index in [4.69, 9.17) is 0 Å². The number of amides is 1. The first-order valence-electron chi connectivity index (χ1n) is 6.40. The van der Waals surface area contributed by atoms with Crippen molar-refractivity contribution < 1.29 is 4.79 Å². The molecule has 1 aromatic carbocycles. The Labute approximate surface area is 108 Å². The summed E-state index contributed by atoms with van der Waals surface area (Å²) in [6.45, 7) is 6.47. The van der Waals surface area contributed by atoms with Gasteiger partial charge in [0, 0.05) is 17.8 Å². The first-order valence-corrected chi connectivity index (χ1v) is 6.40. The molecule has 1 aliphatic rings. The molecule has 4 nitrogen and oxygen atoms in total. The molecule has 0 spiro atoms. The number of aryl methyl sites for hydroxylation is 1. The van der Waals surface area contributed by atoms with Crippen molar-refractivity contribution in [1.29, 1.82) is 0 Å². The lowest BCUT2D eigenvalue weighted by atomic mass is 10.0. The maximum absolute atomic E-state index is 11.8. The van der Waals surface area contributed by atoms with Crippen LogP contribution in [-0.2, 0) is 4.79 Å². The van der Waals surface area contributed by atoms with E-state index in [2.05, 4.69) is 22.9 Å². The summed E-state index contributed by atoms with van der Waals surface area (Å²) in [5, 5.41) is 9.50. The summed E-state index contributed by atoms with van der Waals surface area (Å²) in [6, 6.07) is 7.83. The third-order valence-electron chi connectivity index (χ3n) is 3.38. The van der Waals surface area contributed by atoms with Crippen LogP contribution in [0.1, 0.15) is 18.9 Å². The van der Waals surface area contributed by atoms with E-state index < -0.39 is 0 Å². The average Bonchev–Trinajstić information content (AvgIpc) is 2.78. The summed E-state index contributed by atoms with van der Waals surface area (Å²) in [5.74, 6) is 0.00646. The third-order valence-corrected chi connectivity index (χ3v) is 3.38. The first kappa shape index (κ1) is 13.1. The van der Waals surface area contributed by atoms with E-state index in [9.17, 15) is 4.79 Å². The molecule has 1 amide bonds. The maximum Gasteiger partial charge on any atom is 0.238 e. The van der Waals surface area contributed by atoms with Crippen LogP contribution in [0.15, 0.2) is 24.3 Å². The Morgan fingerprint density at radius 1 is 1.39 bits per heavy atom. The summed E-state index contributed by atoms with van der Waals surface area (Å²) in [6.07, 6.45) is 1.06. The molecule has 1 atom stereocenters. The normalized spacial score (nSPS) is 23.0. The van der Waals surface area contributed by atoms with Crippen LogP contribution in [0, 0.1) is 6.92 Å². The Morgan fingerprint density at radius 2 is 2.11 bits per heavy atom. The summed E-state index contributed by atoms with van der Waals surface area (Å²) in [5.41, 5.74) is 2.09. The molecule has 0 saturated carbocycles. The van der Waals surface area contributed by atoms with E-state index in [-0.39, 0.29) is 11.4 Å². The number of anilines is 1. The van der Waals surface area contributed by atoms with Gasteiger partial charge in [-0.15, -0.1) is 0 Å². The fourth-order valence-electron chi connectivity index (χ4n) is 2.10. The van der Waals surface area contributed by atoms with Gasteiger partial charge in [-0.3, -0.25) is 4.79 Å². The largest absolute Gasteiger partial charge is 0.325 e. The second kappa shape index (κ2) is 5.50. The molecule has 1 fully saturated rings. The number of rotatable bonds is 4. The van der Waals surface area contributed by atoms with Crippen molar-refractivity contribution in [1.82, 2.24) is 10.6 Å². The number of benzene rings is 1. The molecule has 0 aromatic heterocycles. The van der Waals surface area contributed by atoms with Crippen molar-refractivity contribution in [2.45, 2.75) is 25.8 Å². The fraction of sp³-hybridized carbons (Fsp3) is 0.500. The predicted octanol–water partition coefficient (Wildman–Crippen LogP) is 1.28. The highest BCUT2D eigenvalue weighted by molar-refractivity contribution is 5.92. The minimum absolute atomic E-state index is 0.00646. The van der Waals surface area contributed by atoms with Crippen molar-refractivity contribution in [3.63, 3.8) is 0 Å². The second-order valence-corrected chi connectivity index (χ2v) is 5.26. The van der Waals surface area contributed by atoms with Crippen molar-refractivity contribution in [2.75, 3.05) is 25.0 Å².